The number of rotatable bonds is 0. The quantitative estimate of drug-likeness (QED) is 0.181. The smallest absolute Gasteiger partial charge is 1.00 e. The molecule has 0 saturated heterocycles. The van der Waals surface area contributed by atoms with Crippen molar-refractivity contribution in [2.75, 3.05) is 0 Å². The van der Waals surface area contributed by atoms with Gasteiger partial charge in [0.05, 0.1) is 0 Å². The van der Waals surface area contributed by atoms with Gasteiger partial charge in [0.2, 0.25) is 0 Å². The second-order valence-corrected chi connectivity index (χ2v) is 8.44. The Morgan fingerprint density at radius 3 is 2.10 bits per heavy atom. The van der Waals surface area contributed by atoms with Crippen LogP contribution in [0.3, 0.4) is 0 Å². The van der Waals surface area contributed by atoms with Crippen LogP contribution in [-0.4, -0.2) is 9.52 Å². The molecular formula is C27H26Cl2HfSi. The summed E-state index contributed by atoms with van der Waals surface area (Å²) in [6, 6.07) is 30.6. The molecule has 0 saturated carbocycles. The van der Waals surface area contributed by atoms with Crippen LogP contribution in [0.15, 0.2) is 84.9 Å². The van der Waals surface area contributed by atoms with Crippen LogP contribution in [0.25, 0.3) is 32.3 Å². The van der Waals surface area contributed by atoms with Crippen molar-refractivity contribution in [3.63, 3.8) is 0 Å². The van der Waals surface area contributed by atoms with E-state index in [1.807, 2.05) is 0 Å². The number of hydrogen-bond donors (Lipinski definition) is 0. The van der Waals surface area contributed by atoms with Crippen molar-refractivity contribution in [3.8, 4) is 0 Å². The normalized spacial score (nSPS) is 11.2. The molecule has 156 valence electrons. The van der Waals surface area contributed by atoms with Crippen molar-refractivity contribution in [1.82, 2.24) is 0 Å². The Morgan fingerprint density at radius 1 is 0.677 bits per heavy atom. The predicted octanol–water partition coefficient (Wildman–Crippen LogP) is 1.55. The molecule has 5 aromatic carbocycles. The minimum Gasteiger partial charge on any atom is -1.00 e. The third-order valence-corrected chi connectivity index (χ3v) is 5.39. The Morgan fingerprint density at radius 2 is 1.32 bits per heavy atom. The molecule has 0 atom stereocenters. The predicted molar refractivity (Wildman–Crippen MR) is 126 cm³/mol. The Bertz CT molecular complexity index is 1170. The Hall–Kier alpha value is -1.19. The standard InChI is InChI=1S/C13H9.C12H11.C2H6Si.2ClH.Hf/c1-2-6-12-10(4-1)8-9-11-5-3-7-13(11)12;1-3-9-7-11-5-2-6-12(11)8-10(9)4-1;1-3-2;;;/h1-9H;1,3-4,7-8H,2,5-6H2;1-2H3;2*1H;/q2*-1;;;;+4/p-2. The third-order valence-electron chi connectivity index (χ3n) is 5.39. The third kappa shape index (κ3) is 6.41. The maximum Gasteiger partial charge on any atom is 4.00 e. The Kier molecular flexibility index (Phi) is 12.0. The average Bonchev–Trinajstić information content (AvgIpc) is 3.46. The first-order valence-corrected chi connectivity index (χ1v) is 12.1. The average molecular weight is 628 g/mol. The van der Waals surface area contributed by atoms with Gasteiger partial charge in [0.15, 0.2) is 0 Å². The molecule has 2 radical (unpaired) electrons. The molecule has 1 aliphatic rings. The van der Waals surface area contributed by atoms with Gasteiger partial charge in [-0.15, -0.1) is 51.9 Å². The Balaban J connectivity index is 0.000000254. The van der Waals surface area contributed by atoms with Crippen LogP contribution < -0.4 is 24.8 Å². The van der Waals surface area contributed by atoms with E-state index >= 15 is 0 Å². The summed E-state index contributed by atoms with van der Waals surface area (Å²) in [5.41, 5.74) is 3.16. The second-order valence-electron chi connectivity index (χ2n) is 7.44. The van der Waals surface area contributed by atoms with Gasteiger partial charge in [0.25, 0.3) is 0 Å². The van der Waals surface area contributed by atoms with Crippen molar-refractivity contribution < 1.29 is 50.7 Å². The zero-order valence-corrected chi connectivity index (χ0v) is 24.1. The zero-order valence-electron chi connectivity index (χ0n) is 18.0. The first kappa shape index (κ1) is 27.8. The maximum atomic E-state index is 2.36. The monoisotopic (exact) mass is 628 g/mol. The molecule has 0 nitrogen and oxygen atoms in total. The van der Waals surface area contributed by atoms with Crippen molar-refractivity contribution in [2.24, 2.45) is 0 Å². The van der Waals surface area contributed by atoms with E-state index < -0.39 is 0 Å². The molecule has 0 aromatic heterocycles. The SMILES string of the molecule is C[Si]C.[Cl-].[Cl-].[Hf+4].c1cc2cc3c(cc2[cH-]1)CCC3.c1ccc2c(c1)ccc1[cH-]ccc12. The molecule has 0 unspecified atom stereocenters. The summed E-state index contributed by atoms with van der Waals surface area (Å²) in [6.07, 6.45) is 3.93. The number of benzene rings is 3. The minimum atomic E-state index is 0. The van der Waals surface area contributed by atoms with Crippen molar-refractivity contribution in [1.29, 1.82) is 0 Å². The summed E-state index contributed by atoms with van der Waals surface area (Å²) in [4.78, 5) is 0. The van der Waals surface area contributed by atoms with E-state index in [0.717, 1.165) is 9.52 Å². The molecule has 0 bridgehead atoms. The first-order valence-electron chi connectivity index (χ1n) is 10.1. The van der Waals surface area contributed by atoms with E-state index in [0.29, 0.717) is 0 Å². The summed E-state index contributed by atoms with van der Waals surface area (Å²) >= 11 is 0. The van der Waals surface area contributed by atoms with E-state index in [-0.39, 0.29) is 50.7 Å². The van der Waals surface area contributed by atoms with Crippen molar-refractivity contribution >= 4 is 41.8 Å². The number of halogens is 2. The van der Waals surface area contributed by atoms with Crippen LogP contribution in [0.1, 0.15) is 17.5 Å². The van der Waals surface area contributed by atoms with Gasteiger partial charge in [-0.2, -0.15) is 24.3 Å². The molecule has 0 heterocycles. The number of hydrogen-bond acceptors (Lipinski definition) is 0. The van der Waals surface area contributed by atoms with Gasteiger partial charge >= 0.3 is 25.8 Å². The second kappa shape index (κ2) is 13.4. The summed E-state index contributed by atoms with van der Waals surface area (Å²) < 4.78 is 0. The summed E-state index contributed by atoms with van der Waals surface area (Å²) in [6.45, 7) is 4.31. The fourth-order valence-electron chi connectivity index (χ4n) is 4.10. The molecule has 1 aliphatic carbocycles. The number of aryl methyl sites for hydroxylation is 2. The molecule has 0 fully saturated rings. The van der Waals surface area contributed by atoms with Gasteiger partial charge < -0.3 is 24.8 Å². The Labute approximate surface area is 219 Å². The fourth-order valence-corrected chi connectivity index (χ4v) is 4.10. The van der Waals surface area contributed by atoms with Crippen molar-refractivity contribution in [2.45, 2.75) is 32.4 Å². The van der Waals surface area contributed by atoms with Crippen LogP contribution in [0.2, 0.25) is 13.1 Å². The summed E-state index contributed by atoms with van der Waals surface area (Å²) in [5.74, 6) is 0. The first-order chi connectivity index (χ1) is 13.8. The van der Waals surface area contributed by atoms with Crippen LogP contribution >= 0.6 is 0 Å². The largest absolute Gasteiger partial charge is 4.00 e. The van der Waals surface area contributed by atoms with E-state index in [4.69, 9.17) is 0 Å². The van der Waals surface area contributed by atoms with E-state index in [2.05, 4.69) is 98.0 Å². The van der Waals surface area contributed by atoms with Crippen LogP contribution in [-0.2, 0) is 38.7 Å². The molecule has 5 aromatic rings. The number of fused-ring (bicyclic) bond motifs is 5. The van der Waals surface area contributed by atoms with Crippen molar-refractivity contribution in [3.05, 3.63) is 96.1 Å². The summed E-state index contributed by atoms with van der Waals surface area (Å²) in [7, 11) is 1.08. The van der Waals surface area contributed by atoms with Gasteiger partial charge in [0.1, 0.15) is 0 Å². The zero-order chi connectivity index (χ0) is 19.3. The van der Waals surface area contributed by atoms with Gasteiger partial charge in [-0.05, 0) is 24.6 Å². The van der Waals surface area contributed by atoms with Gasteiger partial charge in [-0.3, -0.25) is 0 Å². The van der Waals surface area contributed by atoms with Gasteiger partial charge in [0, 0.05) is 9.52 Å². The van der Waals surface area contributed by atoms with E-state index in [1.165, 1.54) is 51.6 Å². The molecule has 0 aliphatic heterocycles. The van der Waals surface area contributed by atoms with Gasteiger partial charge in [-0.25, -0.2) is 0 Å². The molecule has 0 amide bonds. The molecule has 31 heavy (non-hydrogen) atoms. The summed E-state index contributed by atoms with van der Waals surface area (Å²) in [5, 5.41) is 8.19. The van der Waals surface area contributed by atoms with Crippen LogP contribution in [0.5, 0.6) is 0 Å². The molecule has 0 spiro atoms. The van der Waals surface area contributed by atoms with E-state index in [1.54, 1.807) is 11.1 Å². The topological polar surface area (TPSA) is 0 Å². The van der Waals surface area contributed by atoms with Crippen LogP contribution in [0.4, 0.5) is 0 Å². The molecular weight excluding hydrogens is 602 g/mol. The molecule has 6 rings (SSSR count). The fraction of sp³-hybridized carbons (Fsp3) is 0.185. The minimum absolute atomic E-state index is 0. The molecule has 4 heteroatoms. The molecule has 0 N–H and O–H groups in total. The maximum absolute atomic E-state index is 2.36. The van der Waals surface area contributed by atoms with E-state index in [9.17, 15) is 0 Å². The van der Waals surface area contributed by atoms with Gasteiger partial charge in [-0.1, -0.05) is 59.9 Å². The van der Waals surface area contributed by atoms with Crippen LogP contribution in [0, 0.1) is 0 Å².